The fraction of sp³-hybridized carbons (Fsp3) is 1.00. The summed E-state index contributed by atoms with van der Waals surface area (Å²) in [6.07, 6.45) is 0. The van der Waals surface area contributed by atoms with Gasteiger partial charge in [-0.15, -0.1) is 0 Å². The van der Waals surface area contributed by atoms with Gasteiger partial charge < -0.3 is 0 Å². The van der Waals surface area contributed by atoms with Gasteiger partial charge in [-0.05, 0) is 0 Å². The first-order valence-corrected chi connectivity index (χ1v) is 4.81. The summed E-state index contributed by atoms with van der Waals surface area (Å²) in [5, 5.41) is 0. The van der Waals surface area contributed by atoms with Gasteiger partial charge in [-0.25, -0.2) is 0 Å². The average Bonchev–Trinajstić information content (AvgIpc) is 2.18. The van der Waals surface area contributed by atoms with Crippen LogP contribution in [0.2, 0.25) is 13.1 Å². The molecule has 0 atom stereocenters. The van der Waals surface area contributed by atoms with Crippen LogP contribution in [0.4, 0.5) is 36.6 Å². The molecule has 0 amide bonds. The number of hydrogen-bond donors (Lipinski definition) is 0. The molecule has 0 saturated carbocycles. The zero-order valence-corrected chi connectivity index (χ0v) is 7.15. The van der Waals surface area contributed by atoms with Crippen molar-refractivity contribution in [3.05, 3.63) is 0 Å². The first-order valence-electron chi connectivity index (χ1n) is 1.99. The molecule has 11 heavy (non-hydrogen) atoms. The van der Waals surface area contributed by atoms with E-state index in [1.807, 2.05) is 0 Å². The third kappa shape index (κ3) is 4810. The molecule has 0 fully saturated rings. The van der Waals surface area contributed by atoms with Crippen LogP contribution in [0.1, 0.15) is 0 Å². The van der Waals surface area contributed by atoms with E-state index in [2.05, 4.69) is 13.1 Å². The summed E-state index contributed by atoms with van der Waals surface area (Å²) in [4.78, 5) is 0. The van der Waals surface area contributed by atoms with Crippen LogP contribution in [0, 0.1) is 0 Å². The van der Waals surface area contributed by atoms with E-state index in [4.69, 9.17) is 36.6 Å². The van der Waals surface area contributed by atoms with Gasteiger partial charge in [-0.3, -0.25) is 0 Å². The largest absolute Gasteiger partial charge is 0.0750 e. The molecule has 0 nitrogen and oxygen atoms in total. The Hall–Kier alpha value is -0.343. The molecular weight excluding hydrogens is 204 g/mol. The van der Waals surface area contributed by atoms with Gasteiger partial charge in [0.1, 0.15) is 0 Å². The molecule has 0 aromatic rings. The van der Waals surface area contributed by atoms with Crippen LogP contribution in [0.3, 0.4) is 0 Å². The maximum absolute atomic E-state index is 8.00. The van der Waals surface area contributed by atoms with Gasteiger partial charge in [-0.2, -0.15) is 0 Å². The zero-order valence-electron chi connectivity index (χ0n) is 5.73. The van der Waals surface area contributed by atoms with Gasteiger partial charge >= 0.3 is 0 Å². The van der Waals surface area contributed by atoms with E-state index in [1.54, 1.807) is 0 Å². The number of rotatable bonds is 0. The quantitative estimate of drug-likeness (QED) is 0.425. The van der Waals surface area contributed by atoms with Crippen LogP contribution in [0.15, 0.2) is 0 Å². The Morgan fingerprint density at radius 2 is 0.545 bits per heavy atom. The Kier molecular flexibility index (Phi) is 4740. The maximum Gasteiger partial charge on any atom is 0.0135 e. The molecule has 0 spiro atoms. The lowest BCUT2D eigenvalue weighted by Crippen LogP contribution is -1.53. The Bertz CT molecular complexity index is 12.1. The van der Waals surface area contributed by atoms with Gasteiger partial charge in [0.15, 0.2) is 0 Å². The van der Waals surface area contributed by atoms with Crippen molar-refractivity contribution >= 4 is 9.52 Å². The van der Waals surface area contributed by atoms with E-state index in [-0.39, 0.29) is 0 Å². The third-order valence-corrected chi connectivity index (χ3v) is 0. The molecule has 0 rings (SSSR count). The fourth-order valence-corrected chi connectivity index (χ4v) is 0. The lowest BCUT2D eigenvalue weighted by atomic mass is 11.9. The minimum absolute atomic E-state index is 0.417. The molecule has 0 heterocycles. The van der Waals surface area contributed by atoms with Crippen molar-refractivity contribution in [2.75, 3.05) is 0 Å². The predicted octanol–water partition coefficient (Wildman–Crippen LogP) is 3.61. The molecule has 0 saturated heterocycles. The van der Waals surface area contributed by atoms with Crippen molar-refractivity contribution in [2.45, 2.75) is 13.1 Å². The average molecular weight is 212 g/mol. The zero-order chi connectivity index (χ0) is 10.7. The van der Waals surface area contributed by atoms with Crippen molar-refractivity contribution in [3.8, 4) is 0 Å². The second-order valence-corrected chi connectivity index (χ2v) is 2.12. The highest BCUT2D eigenvalue weighted by molar-refractivity contribution is 6.31. The summed E-state index contributed by atoms with van der Waals surface area (Å²) in [5.41, 5.74) is 0. The van der Waals surface area contributed by atoms with Crippen molar-refractivity contribution in [1.82, 2.24) is 0 Å². The summed E-state index contributed by atoms with van der Waals surface area (Å²) < 4.78 is 64.0. The van der Waals surface area contributed by atoms with Gasteiger partial charge in [0.2, 0.25) is 0 Å². The molecule has 9 heteroatoms. The van der Waals surface area contributed by atoms with Crippen LogP contribution in [0.25, 0.3) is 0 Å². The lowest BCUT2D eigenvalue weighted by Gasteiger charge is -1.45. The highest BCUT2D eigenvalue weighted by Crippen LogP contribution is 1.43. The van der Waals surface area contributed by atoms with Crippen molar-refractivity contribution in [2.24, 2.45) is 0 Å². The van der Waals surface area contributed by atoms with Crippen LogP contribution in [0.5, 0.6) is 0 Å². The summed E-state index contributed by atoms with van der Waals surface area (Å²) in [6.45, 7) is 4.53. The topological polar surface area (TPSA) is 0 Å². The van der Waals surface area contributed by atoms with Crippen molar-refractivity contribution in [1.29, 1.82) is 0 Å². The molecule has 0 unspecified atom stereocenters. The minimum Gasteiger partial charge on any atom is -0.0750 e. The monoisotopic (exact) mass is 212 g/mol. The molecule has 76 valence electrons. The minimum atomic E-state index is 0.417. The highest BCUT2D eigenvalue weighted by Gasteiger charge is 1.38. The molecule has 0 N–H and O–H groups in total. The standard InChI is InChI=1S/C2H8Si.4F2/c1-3-2;4*1-2/h3H2,1-2H3;;;;. The van der Waals surface area contributed by atoms with Gasteiger partial charge in [-0.1, -0.05) is 13.1 Å². The van der Waals surface area contributed by atoms with Crippen LogP contribution >= 0.6 is 0 Å². The van der Waals surface area contributed by atoms with Crippen LogP contribution in [-0.2, 0) is 0 Å². The first kappa shape index (κ1) is 31.1. The summed E-state index contributed by atoms with van der Waals surface area (Å²) in [7, 11) is 0.417. The van der Waals surface area contributed by atoms with Crippen LogP contribution in [-0.4, -0.2) is 9.52 Å². The Morgan fingerprint density at radius 1 is 0.545 bits per heavy atom. The molecule has 0 aliphatic carbocycles. The maximum atomic E-state index is 8.00. The summed E-state index contributed by atoms with van der Waals surface area (Å²) in [5.74, 6) is 0. The second-order valence-electron chi connectivity index (χ2n) is 0.707. The van der Waals surface area contributed by atoms with E-state index >= 15 is 0 Å². The molecule has 0 bridgehead atoms. The van der Waals surface area contributed by atoms with Gasteiger partial charge in [0, 0.05) is 46.1 Å². The SMILES string of the molecule is C[SiH2]C.FF.FF.FF.FF. The smallest absolute Gasteiger partial charge is 0.0135 e. The van der Waals surface area contributed by atoms with E-state index < -0.39 is 0 Å². The molecule has 0 aliphatic rings. The summed E-state index contributed by atoms with van der Waals surface area (Å²) in [6, 6.07) is 0. The third-order valence-electron chi connectivity index (χ3n) is 0. The molecule has 0 aromatic carbocycles. The van der Waals surface area contributed by atoms with E-state index in [0.29, 0.717) is 9.52 Å². The first-order chi connectivity index (χ1) is 5.41. The highest BCUT2D eigenvalue weighted by atomic mass is 28.2. The normalized spacial score (nSPS) is 3.82. The van der Waals surface area contributed by atoms with Crippen molar-refractivity contribution in [3.63, 3.8) is 0 Å². The van der Waals surface area contributed by atoms with Gasteiger partial charge in [0.25, 0.3) is 0 Å². The molecular formula is C2H8F8Si. The molecule has 0 aliphatic heterocycles. The lowest BCUT2D eigenvalue weighted by molar-refractivity contribution is 0.108. The number of hydrogen-bond acceptors (Lipinski definition) is 0. The van der Waals surface area contributed by atoms with E-state index in [9.17, 15) is 0 Å². The Balaban J connectivity index is -0.0000000139. The molecule has 0 aromatic heterocycles. The van der Waals surface area contributed by atoms with Gasteiger partial charge in [0.05, 0.1) is 0 Å². The Labute approximate surface area is 60.5 Å². The van der Waals surface area contributed by atoms with E-state index in [1.165, 1.54) is 0 Å². The molecule has 0 radical (unpaired) electrons. The van der Waals surface area contributed by atoms with Crippen molar-refractivity contribution < 1.29 is 36.6 Å². The van der Waals surface area contributed by atoms with Crippen LogP contribution < -0.4 is 0 Å². The number of halogens is 8. The summed E-state index contributed by atoms with van der Waals surface area (Å²) >= 11 is 0. The second kappa shape index (κ2) is 1680. The van der Waals surface area contributed by atoms with E-state index in [0.717, 1.165) is 0 Å². The fourth-order valence-electron chi connectivity index (χ4n) is 0. The predicted molar refractivity (Wildman–Crippen MR) is 29.1 cm³/mol. The Morgan fingerprint density at radius 3 is 0.545 bits per heavy atom.